The number of carbonyl (C=O) groups is 3. The van der Waals surface area contributed by atoms with Crippen molar-refractivity contribution < 1.29 is 28.6 Å². The van der Waals surface area contributed by atoms with Crippen molar-refractivity contribution in [2.45, 2.75) is 20.8 Å². The molecule has 0 aromatic heterocycles. The maximum Gasteiger partial charge on any atom is 0.338 e. The maximum absolute atomic E-state index is 12.3. The summed E-state index contributed by atoms with van der Waals surface area (Å²) < 4.78 is 16.0. The van der Waals surface area contributed by atoms with Gasteiger partial charge in [0.1, 0.15) is 0 Å². The first kappa shape index (κ1) is 22.7. The van der Waals surface area contributed by atoms with Crippen LogP contribution in [-0.2, 0) is 14.3 Å². The molecule has 0 saturated carbocycles. The fraction of sp³-hybridized carbons (Fsp3) is 0.318. The van der Waals surface area contributed by atoms with E-state index in [9.17, 15) is 14.4 Å². The molecule has 2 aromatic rings. The summed E-state index contributed by atoms with van der Waals surface area (Å²) >= 11 is 0. The van der Waals surface area contributed by atoms with Gasteiger partial charge in [-0.25, -0.2) is 4.79 Å². The highest BCUT2D eigenvalue weighted by Gasteiger charge is 2.14. The lowest BCUT2D eigenvalue weighted by atomic mass is 10.2. The molecule has 2 aromatic carbocycles. The number of hydrogen-bond acceptors (Lipinski definition) is 6. The van der Waals surface area contributed by atoms with E-state index in [0.29, 0.717) is 35.4 Å². The first-order valence-electron chi connectivity index (χ1n) is 9.44. The Balaban J connectivity index is 1.90. The second-order valence-electron chi connectivity index (χ2n) is 6.95. The second kappa shape index (κ2) is 10.8. The Morgan fingerprint density at radius 1 is 0.933 bits per heavy atom. The second-order valence-corrected chi connectivity index (χ2v) is 6.95. The summed E-state index contributed by atoms with van der Waals surface area (Å²) in [5.41, 5.74) is 1.37. The van der Waals surface area contributed by atoms with Crippen molar-refractivity contribution in [3.05, 3.63) is 48.0 Å². The van der Waals surface area contributed by atoms with Crippen LogP contribution >= 0.6 is 0 Å². The zero-order valence-corrected chi connectivity index (χ0v) is 17.5. The number of methoxy groups -OCH3 is 1. The van der Waals surface area contributed by atoms with Crippen LogP contribution in [0.5, 0.6) is 11.5 Å². The number of nitrogens with one attached hydrogen (secondary N) is 2. The fourth-order valence-corrected chi connectivity index (χ4v) is 2.42. The third-order valence-corrected chi connectivity index (χ3v) is 3.79. The lowest BCUT2D eigenvalue weighted by Crippen LogP contribution is -2.21. The molecule has 0 fully saturated rings. The summed E-state index contributed by atoms with van der Waals surface area (Å²) in [4.78, 5) is 35.3. The van der Waals surface area contributed by atoms with Crippen LogP contribution in [-0.4, -0.2) is 38.1 Å². The number of amides is 2. The Kier molecular flexibility index (Phi) is 8.22. The molecule has 0 heterocycles. The van der Waals surface area contributed by atoms with Crippen molar-refractivity contribution in [1.29, 1.82) is 0 Å². The lowest BCUT2D eigenvalue weighted by molar-refractivity contribution is -0.119. The zero-order valence-electron chi connectivity index (χ0n) is 17.5. The standard InChI is InChI=1S/C22H26N2O6/c1-14(2)12-29-19-10-5-16(11-20(19)28-4)22(27)30-13-21(26)24-18-8-6-17(7-9-18)23-15(3)25/h5-11,14H,12-13H2,1-4H3,(H,23,25)(H,24,26). The van der Waals surface area contributed by atoms with E-state index in [2.05, 4.69) is 10.6 Å². The predicted molar refractivity (Wildman–Crippen MR) is 113 cm³/mol. The van der Waals surface area contributed by atoms with Crippen molar-refractivity contribution in [3.8, 4) is 11.5 Å². The van der Waals surface area contributed by atoms with Gasteiger partial charge in [0.15, 0.2) is 18.1 Å². The minimum Gasteiger partial charge on any atom is -0.493 e. The highest BCUT2D eigenvalue weighted by Crippen LogP contribution is 2.28. The summed E-state index contributed by atoms with van der Waals surface area (Å²) in [5.74, 6) is -0.0364. The van der Waals surface area contributed by atoms with Crippen molar-refractivity contribution in [2.24, 2.45) is 5.92 Å². The molecule has 0 aliphatic carbocycles. The number of esters is 1. The van der Waals surface area contributed by atoms with E-state index in [4.69, 9.17) is 14.2 Å². The third kappa shape index (κ3) is 7.12. The van der Waals surface area contributed by atoms with Gasteiger partial charge in [0.05, 0.1) is 19.3 Å². The number of ether oxygens (including phenoxy) is 3. The fourth-order valence-electron chi connectivity index (χ4n) is 2.42. The van der Waals surface area contributed by atoms with Crippen molar-refractivity contribution in [1.82, 2.24) is 0 Å². The van der Waals surface area contributed by atoms with Gasteiger partial charge in [0.25, 0.3) is 5.91 Å². The molecule has 2 amide bonds. The molecule has 0 aliphatic rings. The number of hydrogen-bond donors (Lipinski definition) is 2. The molecule has 2 rings (SSSR count). The molecule has 8 nitrogen and oxygen atoms in total. The van der Waals surface area contributed by atoms with Gasteiger partial charge in [-0.3, -0.25) is 9.59 Å². The van der Waals surface area contributed by atoms with Gasteiger partial charge in [0, 0.05) is 18.3 Å². The molecule has 0 unspecified atom stereocenters. The number of anilines is 2. The van der Waals surface area contributed by atoms with Crippen LogP contribution in [0.2, 0.25) is 0 Å². The smallest absolute Gasteiger partial charge is 0.338 e. The maximum atomic E-state index is 12.3. The van der Waals surface area contributed by atoms with E-state index in [1.54, 1.807) is 36.4 Å². The summed E-state index contributed by atoms with van der Waals surface area (Å²) in [6.07, 6.45) is 0. The van der Waals surface area contributed by atoms with Gasteiger partial charge < -0.3 is 24.8 Å². The lowest BCUT2D eigenvalue weighted by Gasteiger charge is -2.13. The SMILES string of the molecule is COc1cc(C(=O)OCC(=O)Nc2ccc(NC(C)=O)cc2)ccc1OCC(C)C. The first-order chi connectivity index (χ1) is 14.3. The van der Waals surface area contributed by atoms with Gasteiger partial charge in [-0.15, -0.1) is 0 Å². The molecule has 0 saturated heterocycles. The Labute approximate surface area is 175 Å². The van der Waals surface area contributed by atoms with Gasteiger partial charge in [-0.1, -0.05) is 13.8 Å². The highest BCUT2D eigenvalue weighted by atomic mass is 16.5. The molecule has 0 spiro atoms. The van der Waals surface area contributed by atoms with Crippen LogP contribution in [0.25, 0.3) is 0 Å². The van der Waals surface area contributed by atoms with Crippen LogP contribution < -0.4 is 20.1 Å². The topological polar surface area (TPSA) is 103 Å². The predicted octanol–water partition coefficient (Wildman–Crippen LogP) is 3.48. The Morgan fingerprint density at radius 3 is 2.13 bits per heavy atom. The summed E-state index contributed by atoms with van der Waals surface area (Å²) in [5, 5.41) is 5.24. The third-order valence-electron chi connectivity index (χ3n) is 3.79. The highest BCUT2D eigenvalue weighted by molar-refractivity contribution is 5.96. The van der Waals surface area contributed by atoms with Crippen LogP contribution in [0.15, 0.2) is 42.5 Å². The van der Waals surface area contributed by atoms with Gasteiger partial charge >= 0.3 is 5.97 Å². The summed E-state index contributed by atoms with van der Waals surface area (Å²) in [6, 6.07) is 11.3. The average Bonchev–Trinajstić information content (AvgIpc) is 2.71. The van der Waals surface area contributed by atoms with Crippen molar-refractivity contribution in [2.75, 3.05) is 31.0 Å². The van der Waals surface area contributed by atoms with Crippen molar-refractivity contribution in [3.63, 3.8) is 0 Å². The molecule has 0 atom stereocenters. The zero-order chi connectivity index (χ0) is 22.1. The molecule has 30 heavy (non-hydrogen) atoms. The number of benzene rings is 2. The Bertz CT molecular complexity index is 893. The minimum absolute atomic E-state index is 0.185. The van der Waals surface area contributed by atoms with Crippen LogP contribution in [0.3, 0.4) is 0 Å². The molecule has 0 aliphatic heterocycles. The Hall–Kier alpha value is -3.55. The van der Waals surface area contributed by atoms with E-state index in [1.165, 1.54) is 20.1 Å². The van der Waals surface area contributed by atoms with Gasteiger partial charge in [0.2, 0.25) is 5.91 Å². The molecule has 0 bridgehead atoms. The largest absolute Gasteiger partial charge is 0.493 e. The van der Waals surface area contributed by atoms with Gasteiger partial charge in [-0.2, -0.15) is 0 Å². The Morgan fingerprint density at radius 2 is 1.57 bits per heavy atom. The monoisotopic (exact) mass is 414 g/mol. The average molecular weight is 414 g/mol. The van der Waals surface area contributed by atoms with E-state index >= 15 is 0 Å². The van der Waals surface area contributed by atoms with Crippen LogP contribution in [0, 0.1) is 5.92 Å². The van der Waals surface area contributed by atoms with Crippen molar-refractivity contribution >= 4 is 29.2 Å². The molecule has 0 radical (unpaired) electrons. The summed E-state index contributed by atoms with van der Waals surface area (Å²) in [6.45, 7) is 5.54. The minimum atomic E-state index is -0.653. The molecular weight excluding hydrogens is 388 g/mol. The van der Waals surface area contributed by atoms with E-state index < -0.39 is 18.5 Å². The van der Waals surface area contributed by atoms with Gasteiger partial charge in [-0.05, 0) is 48.4 Å². The van der Waals surface area contributed by atoms with Crippen LogP contribution in [0.1, 0.15) is 31.1 Å². The van der Waals surface area contributed by atoms with E-state index in [0.717, 1.165) is 0 Å². The molecule has 8 heteroatoms. The summed E-state index contributed by atoms with van der Waals surface area (Å²) in [7, 11) is 1.48. The molecule has 160 valence electrons. The quantitative estimate of drug-likeness (QED) is 0.609. The molecular formula is C22H26N2O6. The molecule has 2 N–H and O–H groups in total. The normalized spacial score (nSPS) is 10.3. The van der Waals surface area contributed by atoms with E-state index in [1.807, 2.05) is 13.8 Å². The number of carbonyl (C=O) groups excluding carboxylic acids is 3. The number of rotatable bonds is 9. The van der Waals surface area contributed by atoms with E-state index in [-0.39, 0.29) is 11.5 Å². The first-order valence-corrected chi connectivity index (χ1v) is 9.44. The van der Waals surface area contributed by atoms with Crippen LogP contribution in [0.4, 0.5) is 11.4 Å².